The van der Waals surface area contributed by atoms with Crippen molar-refractivity contribution in [3.8, 4) is 0 Å². The van der Waals surface area contributed by atoms with Crippen LogP contribution in [0, 0.1) is 0 Å². The van der Waals surface area contributed by atoms with Crippen LogP contribution in [-0.2, 0) is 9.53 Å². The van der Waals surface area contributed by atoms with Crippen molar-refractivity contribution in [1.82, 2.24) is 4.84 Å². The Bertz CT molecular complexity index is 97.0. The van der Waals surface area contributed by atoms with E-state index in [1.165, 1.54) is 0 Å². The molecule has 3 nitrogen and oxygen atoms in total. The lowest BCUT2D eigenvalue weighted by atomic mass is 10.4. The van der Waals surface area contributed by atoms with E-state index in [1.807, 2.05) is 0 Å². The number of carbonyl (C=O) groups is 1. The molecule has 0 unspecified atom stereocenters. The van der Waals surface area contributed by atoms with Gasteiger partial charge in [-0.1, -0.05) is 0 Å². The number of rotatable bonds is 3. The quantitative estimate of drug-likeness (QED) is 0.476. The molecule has 0 heterocycles. The SMILES string of the molecule is CCOC(=O)[C@H](C)NCl. The fraction of sp³-hybridized carbons (Fsp3) is 0.800. The lowest BCUT2D eigenvalue weighted by molar-refractivity contribution is -0.144. The molecule has 0 saturated carbocycles. The maximum Gasteiger partial charge on any atom is 0.324 e. The molecule has 0 amide bonds. The Hall–Kier alpha value is -0.280. The smallest absolute Gasteiger partial charge is 0.324 e. The monoisotopic (exact) mass is 151 g/mol. The largest absolute Gasteiger partial charge is 0.465 e. The Kier molecular flexibility index (Phi) is 4.44. The van der Waals surface area contributed by atoms with E-state index in [0.29, 0.717) is 6.61 Å². The third kappa shape index (κ3) is 3.32. The molecule has 0 aromatic heterocycles. The Morgan fingerprint density at radius 2 is 2.44 bits per heavy atom. The highest BCUT2D eigenvalue weighted by Gasteiger charge is 2.10. The van der Waals surface area contributed by atoms with Crippen LogP contribution in [0.25, 0.3) is 0 Å². The summed E-state index contributed by atoms with van der Waals surface area (Å²) in [5.74, 6) is -0.326. The predicted octanol–water partition coefficient (Wildman–Crippen LogP) is 0.681. The van der Waals surface area contributed by atoms with E-state index in [2.05, 4.69) is 9.57 Å². The van der Waals surface area contributed by atoms with Crippen LogP contribution in [0.5, 0.6) is 0 Å². The number of ether oxygens (including phenoxy) is 1. The van der Waals surface area contributed by atoms with Crippen LogP contribution in [0.2, 0.25) is 0 Å². The minimum Gasteiger partial charge on any atom is -0.465 e. The van der Waals surface area contributed by atoms with Gasteiger partial charge < -0.3 is 4.74 Å². The zero-order valence-corrected chi connectivity index (χ0v) is 6.23. The Morgan fingerprint density at radius 1 is 1.89 bits per heavy atom. The molecule has 0 aromatic carbocycles. The van der Waals surface area contributed by atoms with E-state index in [4.69, 9.17) is 11.8 Å². The highest BCUT2D eigenvalue weighted by molar-refractivity contribution is 6.14. The molecule has 0 fully saturated rings. The van der Waals surface area contributed by atoms with Gasteiger partial charge in [0, 0.05) is 0 Å². The van der Waals surface area contributed by atoms with E-state index < -0.39 is 6.04 Å². The first-order valence-electron chi connectivity index (χ1n) is 2.75. The fourth-order valence-corrected chi connectivity index (χ4v) is 0.401. The molecule has 1 N–H and O–H groups in total. The number of hydrogen-bond acceptors (Lipinski definition) is 3. The second kappa shape index (κ2) is 4.58. The van der Waals surface area contributed by atoms with Gasteiger partial charge in [-0.05, 0) is 25.6 Å². The van der Waals surface area contributed by atoms with Gasteiger partial charge in [0.25, 0.3) is 0 Å². The van der Waals surface area contributed by atoms with Gasteiger partial charge in [0.05, 0.1) is 6.61 Å². The summed E-state index contributed by atoms with van der Waals surface area (Å²) >= 11 is 5.13. The summed E-state index contributed by atoms with van der Waals surface area (Å²) in [4.78, 5) is 12.9. The van der Waals surface area contributed by atoms with Gasteiger partial charge in [-0.2, -0.15) is 0 Å². The average molecular weight is 152 g/mol. The third-order valence-electron chi connectivity index (χ3n) is 0.804. The third-order valence-corrected chi connectivity index (χ3v) is 1.13. The van der Waals surface area contributed by atoms with Crippen LogP contribution in [-0.4, -0.2) is 18.6 Å². The van der Waals surface area contributed by atoms with E-state index in [0.717, 1.165) is 0 Å². The van der Waals surface area contributed by atoms with Crippen molar-refractivity contribution in [2.24, 2.45) is 0 Å². The fourth-order valence-electron chi connectivity index (χ4n) is 0.312. The van der Waals surface area contributed by atoms with Crippen molar-refractivity contribution < 1.29 is 9.53 Å². The molecule has 0 aliphatic heterocycles. The lowest BCUT2D eigenvalue weighted by Crippen LogP contribution is -2.29. The van der Waals surface area contributed by atoms with E-state index in [9.17, 15) is 4.79 Å². The summed E-state index contributed by atoms with van der Waals surface area (Å²) in [6, 6.07) is -0.424. The molecule has 0 radical (unpaired) electrons. The lowest BCUT2D eigenvalue weighted by Gasteiger charge is -2.05. The van der Waals surface area contributed by atoms with Crippen molar-refractivity contribution >= 4 is 17.7 Å². The molecular formula is C5H10ClNO2. The van der Waals surface area contributed by atoms with Gasteiger partial charge in [0.2, 0.25) is 0 Å². The van der Waals surface area contributed by atoms with Crippen LogP contribution >= 0.6 is 11.8 Å². The minimum absolute atomic E-state index is 0.326. The van der Waals surface area contributed by atoms with Gasteiger partial charge in [-0.3, -0.25) is 4.79 Å². The molecule has 0 aromatic rings. The summed E-state index contributed by atoms with van der Waals surface area (Å²) < 4.78 is 4.61. The predicted molar refractivity (Wildman–Crippen MR) is 35.1 cm³/mol. The summed E-state index contributed by atoms with van der Waals surface area (Å²) in [6.07, 6.45) is 0. The van der Waals surface area contributed by atoms with E-state index in [1.54, 1.807) is 13.8 Å². The van der Waals surface area contributed by atoms with Crippen molar-refractivity contribution in [3.63, 3.8) is 0 Å². The average Bonchev–Trinajstić information content (AvgIpc) is 1.87. The Balaban J connectivity index is 3.46. The number of hydrogen-bond donors (Lipinski definition) is 1. The first kappa shape index (κ1) is 8.72. The minimum atomic E-state index is -0.424. The first-order chi connectivity index (χ1) is 4.22. The summed E-state index contributed by atoms with van der Waals surface area (Å²) in [5, 5.41) is 0. The standard InChI is InChI=1S/C5H10ClNO2/c1-3-9-5(8)4(2)7-6/h4,7H,3H2,1-2H3/t4-/m0/s1. The van der Waals surface area contributed by atoms with Crippen LogP contribution in [0.15, 0.2) is 0 Å². The molecule has 0 aliphatic carbocycles. The summed E-state index contributed by atoms with van der Waals surface area (Å²) in [7, 11) is 0. The molecule has 0 spiro atoms. The van der Waals surface area contributed by atoms with E-state index in [-0.39, 0.29) is 5.97 Å². The molecule has 0 rings (SSSR count). The van der Waals surface area contributed by atoms with Crippen molar-refractivity contribution in [2.75, 3.05) is 6.61 Å². The maximum atomic E-state index is 10.6. The van der Waals surface area contributed by atoms with Crippen LogP contribution < -0.4 is 4.84 Å². The summed E-state index contributed by atoms with van der Waals surface area (Å²) in [5.41, 5.74) is 0. The number of esters is 1. The van der Waals surface area contributed by atoms with Gasteiger partial charge in [0.15, 0.2) is 0 Å². The number of carbonyl (C=O) groups excluding carboxylic acids is 1. The van der Waals surface area contributed by atoms with Gasteiger partial charge in [-0.15, -0.1) is 0 Å². The maximum absolute atomic E-state index is 10.6. The zero-order valence-electron chi connectivity index (χ0n) is 5.48. The van der Waals surface area contributed by atoms with Crippen molar-refractivity contribution in [2.45, 2.75) is 19.9 Å². The topological polar surface area (TPSA) is 38.3 Å². The normalized spacial score (nSPS) is 12.8. The van der Waals surface area contributed by atoms with Crippen molar-refractivity contribution in [3.05, 3.63) is 0 Å². The first-order valence-corrected chi connectivity index (χ1v) is 3.13. The zero-order chi connectivity index (χ0) is 7.28. The number of nitrogens with one attached hydrogen (secondary N) is 1. The molecule has 1 atom stereocenters. The van der Waals surface area contributed by atoms with E-state index >= 15 is 0 Å². The second-order valence-electron chi connectivity index (χ2n) is 1.58. The molecule has 0 bridgehead atoms. The van der Waals surface area contributed by atoms with Crippen molar-refractivity contribution in [1.29, 1.82) is 0 Å². The molecule has 9 heavy (non-hydrogen) atoms. The summed E-state index contributed by atoms with van der Waals surface area (Å²) in [6.45, 7) is 3.77. The Morgan fingerprint density at radius 3 is 2.78 bits per heavy atom. The highest BCUT2D eigenvalue weighted by atomic mass is 35.5. The molecule has 4 heteroatoms. The Labute approximate surface area is 59.4 Å². The highest BCUT2D eigenvalue weighted by Crippen LogP contribution is 1.87. The van der Waals surface area contributed by atoms with Gasteiger partial charge in [-0.25, -0.2) is 4.84 Å². The molecular weight excluding hydrogens is 142 g/mol. The van der Waals surface area contributed by atoms with Gasteiger partial charge >= 0.3 is 5.97 Å². The number of halogens is 1. The van der Waals surface area contributed by atoms with Crippen LogP contribution in [0.4, 0.5) is 0 Å². The molecule has 0 aliphatic rings. The van der Waals surface area contributed by atoms with Crippen LogP contribution in [0.1, 0.15) is 13.8 Å². The molecule has 0 saturated heterocycles. The van der Waals surface area contributed by atoms with Crippen LogP contribution in [0.3, 0.4) is 0 Å². The van der Waals surface area contributed by atoms with Gasteiger partial charge in [0.1, 0.15) is 6.04 Å². The second-order valence-corrected chi connectivity index (χ2v) is 1.80. The molecule has 54 valence electrons.